The van der Waals surface area contributed by atoms with Crippen LogP contribution in [0.3, 0.4) is 0 Å². The first kappa shape index (κ1) is 12.5. The van der Waals surface area contributed by atoms with Gasteiger partial charge in [-0.15, -0.1) is 0 Å². The zero-order chi connectivity index (χ0) is 12.1. The number of benzene rings is 1. The Kier molecular flexibility index (Phi) is 4.33. The Morgan fingerprint density at radius 3 is 2.81 bits per heavy atom. The summed E-state index contributed by atoms with van der Waals surface area (Å²) in [7, 11) is 1.46. The van der Waals surface area contributed by atoms with Crippen molar-refractivity contribution < 1.29 is 9.13 Å². The monoisotopic (exact) mass is 241 g/mol. The van der Waals surface area contributed by atoms with Crippen molar-refractivity contribution >= 4 is 28.9 Å². The number of nitrogens with two attached hydrogens (primary N) is 1. The fourth-order valence-corrected chi connectivity index (χ4v) is 1.45. The molecule has 1 aromatic carbocycles. The standard InChI is InChI=1S/C10H12FN3OS/c1-15-6-9(12)14(10(13)16)8-4-2-3-7(11)5-8/h2-5,12H,6H2,1H3,(H2,13,16). The molecule has 3 N–H and O–H groups in total. The average Bonchev–Trinajstić information content (AvgIpc) is 2.17. The van der Waals surface area contributed by atoms with E-state index < -0.39 is 5.82 Å². The van der Waals surface area contributed by atoms with E-state index in [0.717, 1.165) is 0 Å². The number of thiocarbonyl (C=S) groups is 1. The van der Waals surface area contributed by atoms with Crippen LogP contribution in [0, 0.1) is 11.2 Å². The van der Waals surface area contributed by atoms with Gasteiger partial charge in [-0.25, -0.2) is 4.39 Å². The van der Waals surface area contributed by atoms with Crippen LogP contribution < -0.4 is 10.6 Å². The van der Waals surface area contributed by atoms with Crippen molar-refractivity contribution in [3.63, 3.8) is 0 Å². The highest BCUT2D eigenvalue weighted by Gasteiger charge is 2.15. The number of nitrogens with one attached hydrogen (secondary N) is 1. The van der Waals surface area contributed by atoms with Crippen molar-refractivity contribution in [3.8, 4) is 0 Å². The molecular weight excluding hydrogens is 229 g/mol. The number of anilines is 1. The fraction of sp³-hybridized carbons (Fsp3) is 0.200. The molecule has 0 unspecified atom stereocenters. The second-order valence-electron chi connectivity index (χ2n) is 3.03. The molecule has 0 amide bonds. The van der Waals surface area contributed by atoms with Gasteiger partial charge in [0.15, 0.2) is 5.11 Å². The van der Waals surface area contributed by atoms with Gasteiger partial charge in [0.1, 0.15) is 18.3 Å². The van der Waals surface area contributed by atoms with Gasteiger partial charge in [0.2, 0.25) is 0 Å². The van der Waals surface area contributed by atoms with Gasteiger partial charge in [-0.2, -0.15) is 0 Å². The molecular formula is C10H12FN3OS. The summed E-state index contributed by atoms with van der Waals surface area (Å²) in [5, 5.41) is 7.67. The first-order valence-electron chi connectivity index (χ1n) is 4.47. The third-order valence-electron chi connectivity index (χ3n) is 1.84. The summed E-state index contributed by atoms with van der Waals surface area (Å²) in [5.74, 6) is -0.357. The Bertz CT molecular complexity index is 411. The Hall–Kier alpha value is -1.53. The lowest BCUT2D eigenvalue weighted by Crippen LogP contribution is -2.42. The molecule has 4 nitrogen and oxygen atoms in total. The number of rotatable bonds is 3. The van der Waals surface area contributed by atoms with E-state index in [4.69, 9.17) is 28.1 Å². The van der Waals surface area contributed by atoms with Crippen LogP contribution in [0.25, 0.3) is 0 Å². The molecule has 0 aliphatic rings. The Morgan fingerprint density at radius 1 is 1.62 bits per heavy atom. The van der Waals surface area contributed by atoms with Crippen LogP contribution in [0.15, 0.2) is 24.3 Å². The van der Waals surface area contributed by atoms with E-state index in [0.29, 0.717) is 5.69 Å². The molecule has 0 aliphatic carbocycles. The van der Waals surface area contributed by atoms with Crippen molar-refractivity contribution in [2.45, 2.75) is 0 Å². The van der Waals surface area contributed by atoms with Crippen LogP contribution in [0.2, 0.25) is 0 Å². The van der Waals surface area contributed by atoms with Gasteiger partial charge in [-0.1, -0.05) is 6.07 Å². The maximum absolute atomic E-state index is 13.0. The largest absolute Gasteiger partial charge is 0.377 e. The Morgan fingerprint density at radius 2 is 2.31 bits per heavy atom. The van der Waals surface area contributed by atoms with E-state index in [1.54, 1.807) is 6.07 Å². The molecule has 0 spiro atoms. The fourth-order valence-electron chi connectivity index (χ4n) is 1.23. The number of methoxy groups -OCH3 is 1. The number of ether oxygens (including phenoxy) is 1. The SMILES string of the molecule is COCC(=N)N(C(N)=S)c1cccc(F)c1. The minimum Gasteiger partial charge on any atom is -0.377 e. The number of hydrogen-bond acceptors (Lipinski definition) is 3. The molecule has 0 aliphatic heterocycles. The summed E-state index contributed by atoms with van der Waals surface area (Å²) in [5.41, 5.74) is 5.90. The molecule has 1 rings (SSSR count). The Balaban J connectivity index is 3.03. The van der Waals surface area contributed by atoms with Crippen LogP contribution in [0.1, 0.15) is 0 Å². The highest BCUT2D eigenvalue weighted by Crippen LogP contribution is 2.15. The first-order chi connectivity index (χ1) is 7.56. The summed E-state index contributed by atoms with van der Waals surface area (Å²) in [6.07, 6.45) is 0. The lowest BCUT2D eigenvalue weighted by molar-refractivity contribution is 0.244. The van der Waals surface area contributed by atoms with Crippen molar-refractivity contribution in [1.82, 2.24) is 0 Å². The minimum atomic E-state index is -0.413. The van der Waals surface area contributed by atoms with E-state index in [9.17, 15) is 4.39 Å². The van der Waals surface area contributed by atoms with Crippen molar-refractivity contribution in [2.75, 3.05) is 18.6 Å². The van der Waals surface area contributed by atoms with Crippen LogP contribution in [0.4, 0.5) is 10.1 Å². The second-order valence-corrected chi connectivity index (χ2v) is 3.45. The van der Waals surface area contributed by atoms with Crippen molar-refractivity contribution in [1.29, 1.82) is 5.41 Å². The van der Waals surface area contributed by atoms with E-state index in [1.807, 2.05) is 0 Å². The number of amidine groups is 1. The van der Waals surface area contributed by atoms with Crippen molar-refractivity contribution in [3.05, 3.63) is 30.1 Å². The Labute approximate surface area is 98.3 Å². The molecule has 6 heteroatoms. The molecule has 0 radical (unpaired) electrons. The van der Waals surface area contributed by atoms with E-state index in [2.05, 4.69) is 0 Å². The van der Waals surface area contributed by atoms with Crippen LogP contribution in [0.5, 0.6) is 0 Å². The van der Waals surface area contributed by atoms with Gasteiger partial charge in [0, 0.05) is 7.11 Å². The van der Waals surface area contributed by atoms with E-state index in [1.165, 1.54) is 30.2 Å². The smallest absolute Gasteiger partial charge is 0.176 e. The van der Waals surface area contributed by atoms with Gasteiger partial charge in [0.05, 0.1) is 5.69 Å². The minimum absolute atomic E-state index is 0.0207. The molecule has 0 saturated carbocycles. The highest BCUT2D eigenvalue weighted by atomic mass is 32.1. The first-order valence-corrected chi connectivity index (χ1v) is 4.88. The van der Waals surface area contributed by atoms with Crippen LogP contribution in [-0.4, -0.2) is 24.7 Å². The van der Waals surface area contributed by atoms with Crippen LogP contribution in [-0.2, 0) is 4.74 Å². The highest BCUT2D eigenvalue weighted by molar-refractivity contribution is 7.80. The predicted octanol–water partition coefficient (Wildman–Crippen LogP) is 1.50. The summed E-state index contributed by atoms with van der Waals surface area (Å²) in [6, 6.07) is 5.70. The molecule has 0 bridgehead atoms. The van der Waals surface area contributed by atoms with Gasteiger partial charge in [0.25, 0.3) is 0 Å². The van der Waals surface area contributed by atoms with Gasteiger partial charge >= 0.3 is 0 Å². The van der Waals surface area contributed by atoms with Crippen molar-refractivity contribution in [2.24, 2.45) is 5.73 Å². The van der Waals surface area contributed by atoms with Gasteiger partial charge in [-0.3, -0.25) is 10.3 Å². The summed E-state index contributed by atoms with van der Waals surface area (Å²) >= 11 is 4.82. The number of halogens is 1. The molecule has 86 valence electrons. The predicted molar refractivity (Wildman–Crippen MR) is 65.3 cm³/mol. The summed E-state index contributed by atoms with van der Waals surface area (Å²) in [4.78, 5) is 1.25. The lowest BCUT2D eigenvalue weighted by atomic mass is 10.3. The van der Waals surface area contributed by atoms with E-state index >= 15 is 0 Å². The normalized spacial score (nSPS) is 9.88. The zero-order valence-electron chi connectivity index (χ0n) is 8.74. The third kappa shape index (κ3) is 2.98. The molecule has 16 heavy (non-hydrogen) atoms. The molecule has 0 atom stereocenters. The quantitative estimate of drug-likeness (QED) is 0.478. The van der Waals surface area contributed by atoms with Gasteiger partial charge in [-0.05, 0) is 30.4 Å². The number of hydrogen-bond donors (Lipinski definition) is 2. The topological polar surface area (TPSA) is 62.3 Å². The lowest BCUT2D eigenvalue weighted by Gasteiger charge is -2.22. The molecule has 0 heterocycles. The maximum atomic E-state index is 13.0. The summed E-state index contributed by atoms with van der Waals surface area (Å²) in [6.45, 7) is 0.0495. The molecule has 0 fully saturated rings. The maximum Gasteiger partial charge on any atom is 0.176 e. The summed E-state index contributed by atoms with van der Waals surface area (Å²) < 4.78 is 17.8. The average molecular weight is 241 g/mol. The molecule has 1 aromatic rings. The second kappa shape index (κ2) is 5.53. The van der Waals surface area contributed by atoms with E-state index in [-0.39, 0.29) is 17.6 Å². The molecule has 0 saturated heterocycles. The third-order valence-corrected chi connectivity index (χ3v) is 2.02. The van der Waals surface area contributed by atoms with Gasteiger partial charge < -0.3 is 10.5 Å². The van der Waals surface area contributed by atoms with Crippen LogP contribution >= 0.6 is 12.2 Å². The number of nitrogens with zero attached hydrogens (tertiary/aromatic N) is 1. The zero-order valence-corrected chi connectivity index (χ0v) is 9.55. The molecule has 0 aromatic heterocycles.